The van der Waals surface area contributed by atoms with Gasteiger partial charge in [-0.25, -0.2) is 13.1 Å². The molecule has 2 aliphatic rings. The lowest BCUT2D eigenvalue weighted by Gasteiger charge is -2.32. The molecule has 1 aromatic heterocycles. The minimum Gasteiger partial charge on any atom is -0.348 e. The third-order valence-corrected chi connectivity index (χ3v) is 7.15. The summed E-state index contributed by atoms with van der Waals surface area (Å²) < 4.78 is 31.0. The van der Waals surface area contributed by atoms with Gasteiger partial charge < -0.3 is 14.8 Å². The highest BCUT2D eigenvalue weighted by Crippen LogP contribution is 2.27. The van der Waals surface area contributed by atoms with Crippen molar-refractivity contribution in [3.8, 4) is 0 Å². The maximum Gasteiger partial charge on any atom is 0.271 e. The normalized spacial score (nSPS) is 16.4. The van der Waals surface area contributed by atoms with Crippen LogP contribution < -0.4 is 10.9 Å². The van der Waals surface area contributed by atoms with Crippen molar-refractivity contribution >= 4 is 35.4 Å². The van der Waals surface area contributed by atoms with Gasteiger partial charge in [0.1, 0.15) is 11.3 Å². The van der Waals surface area contributed by atoms with Crippen LogP contribution >= 0.6 is 23.5 Å². The fraction of sp³-hybridized carbons (Fsp3) is 0.409. The van der Waals surface area contributed by atoms with E-state index in [1.165, 1.54) is 4.90 Å². The maximum absolute atomic E-state index is 13.9. The van der Waals surface area contributed by atoms with Crippen LogP contribution in [0.25, 0.3) is 0 Å². The lowest BCUT2D eigenvalue weighted by atomic mass is 10.1. The zero-order chi connectivity index (χ0) is 23.5. The highest BCUT2D eigenvalue weighted by molar-refractivity contribution is 7.97. The lowest BCUT2D eigenvalue weighted by Crippen LogP contribution is -2.48. The summed E-state index contributed by atoms with van der Waals surface area (Å²) in [6.07, 6.45) is -1.93. The zero-order valence-electron chi connectivity index (χ0n) is 17.7. The second-order valence-corrected chi connectivity index (χ2v) is 9.46. The molecule has 2 aromatic rings. The largest absolute Gasteiger partial charge is 0.348 e. The predicted octanol–water partition coefficient (Wildman–Crippen LogP) is 3.18. The highest BCUT2D eigenvalue weighted by atomic mass is 35.5. The van der Waals surface area contributed by atoms with Gasteiger partial charge in [0.2, 0.25) is 0 Å². The molecule has 0 spiro atoms. The van der Waals surface area contributed by atoms with Crippen molar-refractivity contribution in [2.24, 2.45) is 0 Å². The number of nitrogens with one attached hydrogen (secondary N) is 1. The van der Waals surface area contributed by atoms with Gasteiger partial charge in [-0.15, -0.1) is 0 Å². The van der Waals surface area contributed by atoms with Gasteiger partial charge in [0.15, 0.2) is 0 Å². The lowest BCUT2D eigenvalue weighted by molar-refractivity contribution is 0.0675. The molecule has 1 saturated heterocycles. The van der Waals surface area contributed by atoms with Crippen LogP contribution in [0.2, 0.25) is 5.02 Å². The summed E-state index contributed by atoms with van der Waals surface area (Å²) >= 11 is 7.55. The van der Waals surface area contributed by atoms with Crippen molar-refractivity contribution in [2.75, 3.05) is 31.9 Å². The fourth-order valence-corrected chi connectivity index (χ4v) is 5.05. The van der Waals surface area contributed by atoms with E-state index in [1.54, 1.807) is 36.2 Å². The molecule has 0 unspecified atom stereocenters. The number of benzene rings is 1. The first-order valence-corrected chi connectivity index (χ1v) is 11.9. The van der Waals surface area contributed by atoms with Gasteiger partial charge in [-0.05, 0) is 30.2 Å². The summed E-state index contributed by atoms with van der Waals surface area (Å²) in [5, 5.41) is 3.12. The second-order valence-electron chi connectivity index (χ2n) is 7.84. The van der Waals surface area contributed by atoms with E-state index in [1.807, 2.05) is 0 Å². The zero-order valence-corrected chi connectivity index (χ0v) is 19.3. The molecule has 1 fully saturated rings. The molecular formula is C22H23ClF2N4O3S. The summed E-state index contributed by atoms with van der Waals surface area (Å²) in [6.45, 7) is 2.34. The number of pyridine rings is 1. The number of halogens is 3. The van der Waals surface area contributed by atoms with Crippen LogP contribution in [-0.4, -0.2) is 57.5 Å². The Morgan fingerprint density at radius 1 is 1.12 bits per heavy atom. The number of aromatic nitrogens is 1. The molecule has 2 aliphatic heterocycles. The predicted molar refractivity (Wildman–Crippen MR) is 123 cm³/mol. The maximum atomic E-state index is 13.9. The van der Waals surface area contributed by atoms with Crippen LogP contribution in [0.1, 0.15) is 44.8 Å². The molecule has 3 heterocycles. The summed E-state index contributed by atoms with van der Waals surface area (Å²) in [5.41, 5.74) is -1.34. The van der Waals surface area contributed by atoms with Crippen LogP contribution in [0.3, 0.4) is 0 Å². The molecule has 33 heavy (non-hydrogen) atoms. The Morgan fingerprint density at radius 2 is 1.88 bits per heavy atom. The van der Waals surface area contributed by atoms with Gasteiger partial charge >= 0.3 is 0 Å². The number of carbonyl (C=O) groups is 2. The smallest absolute Gasteiger partial charge is 0.271 e. The fourth-order valence-electron chi connectivity index (χ4n) is 3.94. The van der Waals surface area contributed by atoms with Gasteiger partial charge in [0.25, 0.3) is 23.8 Å². The summed E-state index contributed by atoms with van der Waals surface area (Å²) in [4.78, 5) is 40.1. The third kappa shape index (κ3) is 5.23. The number of alkyl halides is 2. The van der Waals surface area contributed by atoms with Crippen molar-refractivity contribution in [3.63, 3.8) is 0 Å². The Hall–Kier alpha value is -2.43. The minimum absolute atomic E-state index is 0.0606. The minimum atomic E-state index is -3.01. The summed E-state index contributed by atoms with van der Waals surface area (Å²) in [6, 6.07) is 7.59. The molecular weight excluding hydrogens is 474 g/mol. The molecule has 0 aliphatic carbocycles. The average Bonchev–Trinajstić information content (AvgIpc) is 3.32. The molecule has 0 saturated carbocycles. The van der Waals surface area contributed by atoms with Crippen LogP contribution in [-0.2, 0) is 13.1 Å². The third-order valence-electron chi connectivity index (χ3n) is 5.69. The molecule has 1 aromatic carbocycles. The van der Waals surface area contributed by atoms with E-state index in [-0.39, 0.29) is 25.3 Å². The van der Waals surface area contributed by atoms with E-state index in [0.29, 0.717) is 18.1 Å². The monoisotopic (exact) mass is 496 g/mol. The molecule has 0 atom stereocenters. The quantitative estimate of drug-likeness (QED) is 0.596. The van der Waals surface area contributed by atoms with E-state index >= 15 is 0 Å². The Morgan fingerprint density at radius 3 is 2.55 bits per heavy atom. The first-order chi connectivity index (χ1) is 15.8. The molecule has 11 heteroatoms. The topological polar surface area (TPSA) is 74.7 Å². The number of amides is 2. The summed E-state index contributed by atoms with van der Waals surface area (Å²) in [7, 11) is 0. The standard InChI is InChI=1S/C22H23ClF2N4O3S/c23-15-4-2-14(3-5-15)13-26-20(30)17-12-16(19(24)25)18-22(32)27(8-10-29(18)21(17)31)7-9-28-6-1-11-33-28/h2-5,12,19H,1,6-11,13H2,(H,26,30). The first-order valence-electron chi connectivity index (χ1n) is 10.6. The summed E-state index contributed by atoms with van der Waals surface area (Å²) in [5.74, 6) is -0.344. The Balaban J connectivity index is 1.55. The van der Waals surface area contributed by atoms with Gasteiger partial charge in [0, 0.05) is 55.6 Å². The number of fused-ring (bicyclic) bond motifs is 1. The second kappa shape index (κ2) is 10.2. The Bertz CT molecular complexity index is 1100. The molecule has 2 amide bonds. The molecule has 7 nitrogen and oxygen atoms in total. The Kier molecular flexibility index (Phi) is 7.35. The van der Waals surface area contributed by atoms with Gasteiger partial charge in [-0.3, -0.25) is 14.4 Å². The van der Waals surface area contributed by atoms with Crippen LogP contribution in [0, 0.1) is 0 Å². The van der Waals surface area contributed by atoms with E-state index in [0.717, 1.165) is 34.9 Å². The molecule has 4 rings (SSSR count). The van der Waals surface area contributed by atoms with Crippen LogP contribution in [0.15, 0.2) is 35.1 Å². The van der Waals surface area contributed by atoms with Crippen LogP contribution in [0.5, 0.6) is 0 Å². The van der Waals surface area contributed by atoms with Gasteiger partial charge in [0.05, 0.1) is 0 Å². The number of rotatable bonds is 7. The molecule has 1 N–H and O–H groups in total. The van der Waals surface area contributed by atoms with Crippen molar-refractivity contribution in [1.82, 2.24) is 19.1 Å². The van der Waals surface area contributed by atoms with Gasteiger partial charge in [-0.1, -0.05) is 35.7 Å². The molecule has 0 bridgehead atoms. The van der Waals surface area contributed by atoms with E-state index in [2.05, 4.69) is 9.62 Å². The number of nitrogens with zero attached hydrogens (tertiary/aromatic N) is 3. The molecule has 0 radical (unpaired) electrons. The number of carbonyl (C=O) groups excluding carboxylic acids is 2. The van der Waals surface area contributed by atoms with Gasteiger partial charge in [-0.2, -0.15) is 0 Å². The average molecular weight is 497 g/mol. The van der Waals surface area contributed by atoms with E-state index in [4.69, 9.17) is 11.6 Å². The van der Waals surface area contributed by atoms with Crippen molar-refractivity contribution in [2.45, 2.75) is 25.9 Å². The SMILES string of the molecule is O=C(NCc1ccc(Cl)cc1)c1cc(C(F)F)c2n(c1=O)CCN(CCN1CCCS1)C2=O. The van der Waals surface area contributed by atoms with Crippen LogP contribution in [0.4, 0.5) is 8.78 Å². The van der Waals surface area contributed by atoms with E-state index < -0.39 is 34.9 Å². The number of hydrogen-bond acceptors (Lipinski definition) is 5. The van der Waals surface area contributed by atoms with E-state index in [9.17, 15) is 23.2 Å². The number of hydrogen-bond donors (Lipinski definition) is 1. The Labute approximate surface area is 198 Å². The van der Waals surface area contributed by atoms with Crippen molar-refractivity contribution in [1.29, 1.82) is 0 Å². The first kappa shape index (κ1) is 23.7. The highest BCUT2D eigenvalue weighted by Gasteiger charge is 2.33. The van der Waals surface area contributed by atoms with Crippen molar-refractivity contribution < 1.29 is 18.4 Å². The molecule has 176 valence electrons. The van der Waals surface area contributed by atoms with Crippen molar-refractivity contribution in [3.05, 3.63) is 68.1 Å².